The Kier molecular flexibility index (Phi) is 6.48. The highest BCUT2D eigenvalue weighted by atomic mass is 32.1. The van der Waals surface area contributed by atoms with Crippen LogP contribution in [0, 0.1) is 11.7 Å². The van der Waals surface area contributed by atoms with Crippen LogP contribution < -0.4 is 10.2 Å². The second kappa shape index (κ2) is 9.71. The van der Waals surface area contributed by atoms with Crippen molar-refractivity contribution in [3.05, 3.63) is 59.4 Å². The van der Waals surface area contributed by atoms with Crippen molar-refractivity contribution in [1.82, 2.24) is 14.9 Å². The van der Waals surface area contributed by atoms with Gasteiger partial charge in [-0.3, -0.25) is 14.6 Å². The number of carbonyl (C=O) groups excluding carboxylic acids is 2. The van der Waals surface area contributed by atoms with Crippen molar-refractivity contribution in [2.45, 2.75) is 12.8 Å². The molecule has 0 unspecified atom stereocenters. The van der Waals surface area contributed by atoms with Crippen molar-refractivity contribution in [1.29, 1.82) is 0 Å². The number of hydrogen-bond acceptors (Lipinski definition) is 7. The normalized spacial score (nSPS) is 14.3. The van der Waals surface area contributed by atoms with E-state index in [9.17, 15) is 14.0 Å². The number of halogens is 1. The van der Waals surface area contributed by atoms with Crippen LogP contribution in [-0.2, 0) is 4.79 Å². The predicted octanol–water partition coefficient (Wildman–Crippen LogP) is 5.12. The van der Waals surface area contributed by atoms with Crippen LogP contribution in [-0.4, -0.2) is 53.9 Å². The molecular weight excluding hydrogens is 485 g/mol. The third-order valence-corrected chi connectivity index (χ3v) is 8.24. The van der Waals surface area contributed by atoms with E-state index < -0.39 is 0 Å². The average molecular weight is 510 g/mol. The van der Waals surface area contributed by atoms with Gasteiger partial charge in [-0.15, -0.1) is 11.3 Å². The Labute approximate surface area is 210 Å². The molecule has 35 heavy (non-hydrogen) atoms. The van der Waals surface area contributed by atoms with Gasteiger partial charge in [0.2, 0.25) is 5.91 Å². The van der Waals surface area contributed by atoms with Crippen molar-refractivity contribution < 1.29 is 14.0 Å². The Morgan fingerprint density at radius 2 is 1.83 bits per heavy atom. The van der Waals surface area contributed by atoms with Gasteiger partial charge in [-0.25, -0.2) is 9.37 Å². The van der Waals surface area contributed by atoms with Gasteiger partial charge in [0.05, 0.1) is 21.5 Å². The molecule has 10 heteroatoms. The first kappa shape index (κ1) is 23.4. The summed E-state index contributed by atoms with van der Waals surface area (Å²) in [6.45, 7) is 1.61. The maximum absolute atomic E-state index is 13.1. The maximum Gasteiger partial charge on any atom is 0.265 e. The molecule has 7 nitrogen and oxygen atoms in total. The second-order valence-electron chi connectivity index (χ2n) is 8.66. The number of carbonyl (C=O) groups is 2. The standard InChI is InChI=1S/C25H24FN5O2S2/c1-30(2)24(33)16-9-11-31(12-10-16)25-29-23-21(35-25)13-20(34-23)22(32)28-18-6-3-15(4-7-18)19-8-5-17(26)14-27-19/h3-8,13-14,16H,9-12H2,1-2H3,(H,28,32). The lowest BCUT2D eigenvalue weighted by atomic mass is 9.96. The molecule has 1 N–H and O–H groups in total. The number of rotatable bonds is 5. The summed E-state index contributed by atoms with van der Waals surface area (Å²) < 4.78 is 14.1. The van der Waals surface area contributed by atoms with Crippen LogP contribution in [0.3, 0.4) is 0 Å². The number of fused-ring (bicyclic) bond motifs is 1. The summed E-state index contributed by atoms with van der Waals surface area (Å²) in [5.74, 6) is -0.283. The van der Waals surface area contributed by atoms with Gasteiger partial charge in [0.15, 0.2) is 5.13 Å². The molecule has 1 saturated heterocycles. The summed E-state index contributed by atoms with van der Waals surface area (Å²) in [5, 5.41) is 3.86. The summed E-state index contributed by atoms with van der Waals surface area (Å²) >= 11 is 2.96. The number of anilines is 2. The van der Waals surface area contributed by atoms with E-state index in [1.54, 1.807) is 48.5 Å². The summed E-state index contributed by atoms with van der Waals surface area (Å²) in [5.41, 5.74) is 2.17. The Hall–Kier alpha value is -3.37. The van der Waals surface area contributed by atoms with E-state index >= 15 is 0 Å². The summed E-state index contributed by atoms with van der Waals surface area (Å²) in [4.78, 5) is 39.2. The van der Waals surface area contributed by atoms with Gasteiger partial charge in [0, 0.05) is 44.4 Å². The summed E-state index contributed by atoms with van der Waals surface area (Å²) in [6, 6.07) is 12.2. The molecule has 1 aliphatic rings. The van der Waals surface area contributed by atoms with Crippen LogP contribution in [0.2, 0.25) is 0 Å². The van der Waals surface area contributed by atoms with E-state index in [2.05, 4.69) is 15.2 Å². The minimum absolute atomic E-state index is 0.0821. The molecular formula is C25H24FN5O2S2. The summed E-state index contributed by atoms with van der Waals surface area (Å²) in [6.07, 6.45) is 2.84. The van der Waals surface area contributed by atoms with Crippen LogP contribution in [0.4, 0.5) is 15.2 Å². The fraction of sp³-hybridized carbons (Fsp3) is 0.280. The number of thiazole rings is 1. The third kappa shape index (κ3) is 5.03. The molecule has 0 spiro atoms. The van der Waals surface area contributed by atoms with Crippen molar-refractivity contribution >= 4 is 54.8 Å². The number of thiophene rings is 1. The monoisotopic (exact) mass is 509 g/mol. The van der Waals surface area contributed by atoms with E-state index in [4.69, 9.17) is 4.98 Å². The largest absolute Gasteiger partial charge is 0.349 e. The molecule has 2 amide bonds. The number of benzene rings is 1. The molecule has 5 rings (SSSR count). The highest BCUT2D eigenvalue weighted by Crippen LogP contribution is 2.36. The molecule has 1 aromatic carbocycles. The Bertz CT molecular complexity index is 1330. The van der Waals surface area contributed by atoms with Gasteiger partial charge >= 0.3 is 0 Å². The first-order chi connectivity index (χ1) is 16.9. The summed E-state index contributed by atoms with van der Waals surface area (Å²) in [7, 11) is 3.61. The molecule has 1 fully saturated rings. The van der Waals surface area contributed by atoms with Crippen LogP contribution in [0.25, 0.3) is 20.8 Å². The minimum atomic E-state index is -0.379. The molecule has 4 heterocycles. The van der Waals surface area contributed by atoms with Crippen LogP contribution in [0.1, 0.15) is 22.5 Å². The number of amides is 2. The number of pyridine rings is 1. The number of hydrogen-bond donors (Lipinski definition) is 1. The molecule has 0 atom stereocenters. The second-order valence-corrected chi connectivity index (χ2v) is 10.7. The smallest absolute Gasteiger partial charge is 0.265 e. The Morgan fingerprint density at radius 3 is 2.46 bits per heavy atom. The Balaban J connectivity index is 1.22. The number of aromatic nitrogens is 2. The molecule has 0 bridgehead atoms. The quantitative estimate of drug-likeness (QED) is 0.404. The van der Waals surface area contributed by atoms with Gasteiger partial charge in [0.1, 0.15) is 10.6 Å². The van der Waals surface area contributed by atoms with Gasteiger partial charge in [-0.05, 0) is 43.2 Å². The highest BCUT2D eigenvalue weighted by Gasteiger charge is 2.27. The first-order valence-corrected chi connectivity index (χ1v) is 12.9. The van der Waals surface area contributed by atoms with Gasteiger partial charge in [0.25, 0.3) is 5.91 Å². The number of piperidine rings is 1. The van der Waals surface area contributed by atoms with E-state index in [1.807, 2.05) is 18.2 Å². The predicted molar refractivity (Wildman–Crippen MR) is 139 cm³/mol. The topological polar surface area (TPSA) is 78.4 Å². The fourth-order valence-corrected chi connectivity index (χ4v) is 6.28. The zero-order valence-electron chi connectivity index (χ0n) is 19.3. The number of nitrogens with one attached hydrogen (secondary N) is 1. The van der Waals surface area contributed by atoms with Crippen molar-refractivity contribution in [3.63, 3.8) is 0 Å². The first-order valence-electron chi connectivity index (χ1n) is 11.3. The SMILES string of the molecule is CN(C)C(=O)C1CCN(c2nc3sc(C(=O)Nc4ccc(-c5ccc(F)cn5)cc4)cc3s2)CC1. The molecule has 0 aliphatic carbocycles. The van der Waals surface area contributed by atoms with Crippen LogP contribution >= 0.6 is 22.7 Å². The molecule has 1 aliphatic heterocycles. The lowest BCUT2D eigenvalue weighted by Gasteiger charge is -2.32. The van der Waals surface area contributed by atoms with Crippen molar-refractivity contribution in [2.24, 2.45) is 5.92 Å². The zero-order valence-corrected chi connectivity index (χ0v) is 21.0. The zero-order chi connectivity index (χ0) is 24.5. The lowest BCUT2D eigenvalue weighted by molar-refractivity contribution is -0.133. The van der Waals surface area contributed by atoms with Crippen molar-refractivity contribution in [3.8, 4) is 11.3 Å². The minimum Gasteiger partial charge on any atom is -0.349 e. The molecule has 0 saturated carbocycles. The van der Waals surface area contributed by atoms with E-state index in [0.29, 0.717) is 16.3 Å². The van der Waals surface area contributed by atoms with E-state index in [0.717, 1.165) is 46.2 Å². The molecule has 4 aromatic rings. The maximum atomic E-state index is 13.1. The molecule has 3 aromatic heterocycles. The van der Waals surface area contributed by atoms with E-state index in [-0.39, 0.29) is 23.5 Å². The highest BCUT2D eigenvalue weighted by molar-refractivity contribution is 7.29. The molecule has 0 radical (unpaired) electrons. The molecule has 180 valence electrons. The van der Waals surface area contributed by atoms with Gasteiger partial charge in [-0.2, -0.15) is 0 Å². The van der Waals surface area contributed by atoms with E-state index in [1.165, 1.54) is 23.6 Å². The lowest BCUT2D eigenvalue weighted by Crippen LogP contribution is -2.40. The van der Waals surface area contributed by atoms with Crippen molar-refractivity contribution in [2.75, 3.05) is 37.4 Å². The van der Waals surface area contributed by atoms with Gasteiger partial charge < -0.3 is 15.1 Å². The van der Waals surface area contributed by atoms with Gasteiger partial charge in [-0.1, -0.05) is 23.5 Å². The fourth-order valence-electron chi connectivity index (χ4n) is 4.12. The van der Waals surface area contributed by atoms with Crippen LogP contribution in [0.5, 0.6) is 0 Å². The van der Waals surface area contributed by atoms with Crippen LogP contribution in [0.15, 0.2) is 48.7 Å². The number of nitrogens with zero attached hydrogens (tertiary/aromatic N) is 4. The third-order valence-electron chi connectivity index (χ3n) is 6.02. The average Bonchev–Trinajstić information content (AvgIpc) is 3.44. The Morgan fingerprint density at radius 1 is 1.09 bits per heavy atom.